The van der Waals surface area contributed by atoms with Gasteiger partial charge in [0.25, 0.3) is 0 Å². The van der Waals surface area contributed by atoms with Crippen LogP contribution in [0.1, 0.15) is 38.8 Å². The molecule has 0 saturated heterocycles. The summed E-state index contributed by atoms with van der Waals surface area (Å²) >= 11 is 0. The summed E-state index contributed by atoms with van der Waals surface area (Å²) in [4.78, 5) is 0. The Labute approximate surface area is 128 Å². The molecule has 0 fully saturated rings. The van der Waals surface area contributed by atoms with Crippen molar-refractivity contribution in [3.05, 3.63) is 47.0 Å². The summed E-state index contributed by atoms with van der Waals surface area (Å²) in [6.45, 7) is 9.21. The molecule has 0 aliphatic heterocycles. The number of hydrogen-bond donors (Lipinski definition) is 2. The van der Waals surface area contributed by atoms with E-state index < -0.39 is 10.0 Å². The minimum Gasteiger partial charge on any atom is -0.309 e. The zero-order valence-electron chi connectivity index (χ0n) is 13.3. The van der Waals surface area contributed by atoms with Crippen LogP contribution in [0.3, 0.4) is 0 Å². The third-order valence-electron chi connectivity index (χ3n) is 2.85. The molecule has 4 nitrogen and oxygen atoms in total. The maximum atomic E-state index is 12.0. The third kappa shape index (κ3) is 7.41. The van der Waals surface area contributed by atoms with Crippen molar-refractivity contribution in [2.45, 2.75) is 46.0 Å². The van der Waals surface area contributed by atoms with E-state index >= 15 is 0 Å². The number of benzene rings is 1. The Balaban J connectivity index is 2.73. The molecule has 1 aromatic rings. The molecule has 0 amide bonds. The molecule has 5 heteroatoms. The molecule has 2 N–H and O–H groups in total. The van der Waals surface area contributed by atoms with Gasteiger partial charge in [-0.1, -0.05) is 35.9 Å². The van der Waals surface area contributed by atoms with Gasteiger partial charge in [0.05, 0.1) is 5.75 Å². The molecule has 118 valence electrons. The first kappa shape index (κ1) is 17.9. The monoisotopic (exact) mass is 310 g/mol. The Bertz CT molecular complexity index is 574. The summed E-state index contributed by atoms with van der Waals surface area (Å²) in [6.07, 6.45) is 2.11. The van der Waals surface area contributed by atoms with Gasteiger partial charge in [0.15, 0.2) is 0 Å². The van der Waals surface area contributed by atoms with Gasteiger partial charge in [-0.15, -0.1) is 0 Å². The maximum Gasteiger partial charge on any atom is 0.216 e. The fourth-order valence-corrected chi connectivity index (χ4v) is 3.45. The summed E-state index contributed by atoms with van der Waals surface area (Å²) in [5.74, 6) is 0.0195. The highest BCUT2D eigenvalue weighted by Crippen LogP contribution is 2.12. The van der Waals surface area contributed by atoms with Crippen LogP contribution in [0.2, 0.25) is 0 Å². The predicted octanol–water partition coefficient (Wildman–Crippen LogP) is 2.57. The Morgan fingerprint density at radius 3 is 2.38 bits per heavy atom. The van der Waals surface area contributed by atoms with Gasteiger partial charge < -0.3 is 5.32 Å². The van der Waals surface area contributed by atoms with Crippen molar-refractivity contribution in [1.82, 2.24) is 10.0 Å². The lowest BCUT2D eigenvalue weighted by Crippen LogP contribution is -2.31. The first-order valence-electron chi connectivity index (χ1n) is 7.21. The fourth-order valence-electron chi connectivity index (χ4n) is 1.96. The number of rotatable bonds is 8. The van der Waals surface area contributed by atoms with Gasteiger partial charge >= 0.3 is 0 Å². The Morgan fingerprint density at radius 2 is 1.81 bits per heavy atom. The second-order valence-corrected chi connectivity index (χ2v) is 7.47. The smallest absolute Gasteiger partial charge is 0.216 e. The summed E-state index contributed by atoms with van der Waals surface area (Å²) in [5.41, 5.74) is 3.13. The second kappa shape index (κ2) is 8.32. The van der Waals surface area contributed by atoms with Crippen LogP contribution >= 0.6 is 0 Å². The molecule has 0 heterocycles. The molecule has 0 unspecified atom stereocenters. The number of nitrogens with one attached hydrogen (secondary N) is 2. The topological polar surface area (TPSA) is 58.2 Å². The SMILES string of the molecule is CC(C)=CCNCc1ccccc1CS(=O)(=O)NC(C)C. The molecule has 1 aromatic carbocycles. The largest absolute Gasteiger partial charge is 0.309 e. The predicted molar refractivity (Wildman–Crippen MR) is 88.5 cm³/mol. The minimum atomic E-state index is -3.29. The Morgan fingerprint density at radius 1 is 1.19 bits per heavy atom. The highest BCUT2D eigenvalue weighted by atomic mass is 32.2. The highest BCUT2D eigenvalue weighted by molar-refractivity contribution is 7.88. The molecule has 0 radical (unpaired) electrons. The summed E-state index contributed by atoms with van der Waals surface area (Å²) in [5, 5.41) is 3.31. The van der Waals surface area contributed by atoms with Crippen LogP contribution in [0.15, 0.2) is 35.9 Å². The van der Waals surface area contributed by atoms with Gasteiger partial charge in [-0.25, -0.2) is 13.1 Å². The van der Waals surface area contributed by atoms with E-state index in [-0.39, 0.29) is 11.8 Å². The van der Waals surface area contributed by atoms with Crippen molar-refractivity contribution in [2.24, 2.45) is 0 Å². The van der Waals surface area contributed by atoms with E-state index in [1.807, 2.05) is 38.1 Å². The van der Waals surface area contributed by atoms with E-state index in [4.69, 9.17) is 0 Å². The third-order valence-corrected chi connectivity index (χ3v) is 4.37. The van der Waals surface area contributed by atoms with Crippen molar-refractivity contribution in [2.75, 3.05) is 6.54 Å². The quantitative estimate of drug-likeness (QED) is 0.573. The van der Waals surface area contributed by atoms with E-state index in [0.717, 1.165) is 17.7 Å². The molecule has 0 aliphatic carbocycles. The van der Waals surface area contributed by atoms with Crippen LogP contribution in [0.4, 0.5) is 0 Å². The Kier molecular flexibility index (Phi) is 7.08. The summed E-state index contributed by atoms with van der Waals surface area (Å²) in [7, 11) is -3.29. The average molecular weight is 310 g/mol. The highest BCUT2D eigenvalue weighted by Gasteiger charge is 2.14. The van der Waals surface area contributed by atoms with Crippen LogP contribution in [-0.2, 0) is 22.3 Å². The molecular weight excluding hydrogens is 284 g/mol. The molecule has 0 atom stereocenters. The fraction of sp³-hybridized carbons (Fsp3) is 0.500. The average Bonchev–Trinajstić information content (AvgIpc) is 2.34. The van der Waals surface area contributed by atoms with E-state index in [9.17, 15) is 8.42 Å². The second-order valence-electron chi connectivity index (χ2n) is 5.71. The molecule has 1 rings (SSSR count). The lowest BCUT2D eigenvalue weighted by atomic mass is 10.1. The molecule has 0 saturated carbocycles. The molecule has 0 aliphatic rings. The van der Waals surface area contributed by atoms with Crippen molar-refractivity contribution in [3.8, 4) is 0 Å². The van der Waals surface area contributed by atoms with E-state index in [0.29, 0.717) is 6.54 Å². The standard InChI is InChI=1S/C16H26N2O2S/c1-13(2)9-10-17-11-15-7-5-6-8-16(15)12-21(19,20)18-14(3)4/h5-9,14,17-18H,10-12H2,1-4H3. The number of sulfonamides is 1. The van der Waals surface area contributed by atoms with Gasteiger partial charge in [0.2, 0.25) is 10.0 Å². The van der Waals surface area contributed by atoms with Crippen molar-refractivity contribution >= 4 is 10.0 Å². The minimum absolute atomic E-state index is 0.0195. The molecule has 0 bridgehead atoms. The first-order chi connectivity index (χ1) is 9.80. The molecule has 0 spiro atoms. The van der Waals surface area contributed by atoms with Crippen molar-refractivity contribution in [1.29, 1.82) is 0 Å². The van der Waals surface area contributed by atoms with Gasteiger partial charge in [0, 0.05) is 19.1 Å². The number of hydrogen-bond acceptors (Lipinski definition) is 3. The first-order valence-corrected chi connectivity index (χ1v) is 8.86. The lowest BCUT2D eigenvalue weighted by Gasteiger charge is -2.13. The van der Waals surface area contributed by atoms with Crippen LogP contribution in [0.5, 0.6) is 0 Å². The van der Waals surface area contributed by atoms with Gasteiger partial charge in [-0.3, -0.25) is 0 Å². The van der Waals surface area contributed by atoms with Crippen LogP contribution < -0.4 is 10.0 Å². The summed E-state index contributed by atoms with van der Waals surface area (Å²) < 4.78 is 26.7. The molecule has 21 heavy (non-hydrogen) atoms. The van der Waals surface area contributed by atoms with Crippen LogP contribution in [-0.4, -0.2) is 21.0 Å². The van der Waals surface area contributed by atoms with E-state index in [1.54, 1.807) is 0 Å². The maximum absolute atomic E-state index is 12.0. The van der Waals surface area contributed by atoms with Crippen LogP contribution in [0, 0.1) is 0 Å². The van der Waals surface area contributed by atoms with Crippen molar-refractivity contribution < 1.29 is 8.42 Å². The van der Waals surface area contributed by atoms with Gasteiger partial charge in [0.1, 0.15) is 0 Å². The van der Waals surface area contributed by atoms with E-state index in [1.165, 1.54) is 5.57 Å². The number of allylic oxidation sites excluding steroid dienone is 1. The zero-order valence-corrected chi connectivity index (χ0v) is 14.1. The molecule has 0 aromatic heterocycles. The normalized spacial score (nSPS) is 11.7. The van der Waals surface area contributed by atoms with Gasteiger partial charge in [-0.05, 0) is 38.8 Å². The molecular formula is C16H26N2O2S. The van der Waals surface area contributed by atoms with E-state index in [2.05, 4.69) is 30.0 Å². The van der Waals surface area contributed by atoms with Crippen molar-refractivity contribution in [3.63, 3.8) is 0 Å². The van der Waals surface area contributed by atoms with Crippen LogP contribution in [0.25, 0.3) is 0 Å². The zero-order chi connectivity index (χ0) is 15.9. The Hall–Kier alpha value is -1.17. The summed E-state index contributed by atoms with van der Waals surface area (Å²) in [6, 6.07) is 7.56. The lowest BCUT2D eigenvalue weighted by molar-refractivity contribution is 0.568. The van der Waals surface area contributed by atoms with Gasteiger partial charge in [-0.2, -0.15) is 0 Å².